The molecule has 1 aliphatic carbocycles. The molecular formula is C12H11F3N4O2. The van der Waals surface area contributed by atoms with E-state index in [2.05, 4.69) is 15.0 Å². The van der Waals surface area contributed by atoms with E-state index < -0.39 is 24.0 Å². The summed E-state index contributed by atoms with van der Waals surface area (Å²) in [6, 6.07) is -0.451. The third-order valence-corrected chi connectivity index (χ3v) is 3.35. The Kier molecular flexibility index (Phi) is 3.07. The van der Waals surface area contributed by atoms with Crippen molar-refractivity contribution in [1.29, 1.82) is 0 Å². The number of esters is 1. The zero-order valence-electron chi connectivity index (χ0n) is 11.0. The van der Waals surface area contributed by atoms with E-state index in [1.807, 2.05) is 0 Å². The summed E-state index contributed by atoms with van der Waals surface area (Å²) in [5.74, 6) is -1.46. The lowest BCUT2D eigenvalue weighted by Gasteiger charge is -2.36. The minimum Gasteiger partial charge on any atom is -0.462 e. The number of hydrogen-bond donors (Lipinski definition) is 0. The first-order valence-corrected chi connectivity index (χ1v) is 6.29. The van der Waals surface area contributed by atoms with Crippen molar-refractivity contribution in [2.24, 2.45) is 0 Å². The molecule has 0 atom stereocenters. The molecule has 9 heteroatoms. The number of fused-ring (bicyclic) bond motifs is 1. The molecule has 0 aliphatic heterocycles. The number of alkyl halides is 3. The first kappa shape index (κ1) is 13.8. The van der Waals surface area contributed by atoms with Crippen LogP contribution in [0.2, 0.25) is 0 Å². The lowest BCUT2D eigenvalue weighted by Crippen LogP contribution is -2.36. The molecule has 2 aromatic rings. The highest BCUT2D eigenvalue weighted by atomic mass is 19.4. The van der Waals surface area contributed by atoms with Crippen molar-refractivity contribution in [2.75, 3.05) is 0 Å². The molecule has 2 aromatic heterocycles. The fourth-order valence-corrected chi connectivity index (χ4v) is 2.45. The lowest BCUT2D eigenvalue weighted by atomic mass is 9.89. The van der Waals surface area contributed by atoms with Gasteiger partial charge in [-0.25, -0.2) is 15.0 Å². The van der Waals surface area contributed by atoms with Gasteiger partial charge in [0.25, 0.3) is 0 Å². The Labute approximate surface area is 117 Å². The number of halogens is 3. The zero-order chi connectivity index (χ0) is 15.2. The normalized spacial score (nSPS) is 22.1. The highest BCUT2D eigenvalue weighted by molar-refractivity contribution is 5.67. The maximum atomic E-state index is 13.1. The largest absolute Gasteiger partial charge is 0.462 e. The van der Waals surface area contributed by atoms with Gasteiger partial charge in [-0.3, -0.25) is 4.79 Å². The predicted molar refractivity (Wildman–Crippen MR) is 64.2 cm³/mol. The van der Waals surface area contributed by atoms with Crippen LogP contribution in [0.1, 0.15) is 31.6 Å². The van der Waals surface area contributed by atoms with Gasteiger partial charge in [0, 0.05) is 38.2 Å². The second-order valence-electron chi connectivity index (χ2n) is 4.86. The monoisotopic (exact) mass is 300 g/mol. The molecule has 21 heavy (non-hydrogen) atoms. The topological polar surface area (TPSA) is 69.9 Å². The van der Waals surface area contributed by atoms with Crippen LogP contribution in [0.15, 0.2) is 12.4 Å². The quantitative estimate of drug-likeness (QED) is 0.794. The standard InChI is InChI=1S/C12H11F3N4O2/c1-6(20)21-8-4-7(5-8)19-10-9(16-2-3-17-10)18-11(19)12(13,14)15/h2-3,7-8H,4-5H2,1H3. The molecule has 0 amide bonds. The van der Waals surface area contributed by atoms with Gasteiger partial charge in [0.15, 0.2) is 11.3 Å². The Hall–Kier alpha value is -2.19. The second-order valence-corrected chi connectivity index (χ2v) is 4.86. The number of hydrogen-bond acceptors (Lipinski definition) is 5. The number of carbonyl (C=O) groups is 1. The smallest absolute Gasteiger partial charge is 0.449 e. The number of nitrogens with zero attached hydrogens (tertiary/aromatic N) is 4. The molecular weight excluding hydrogens is 289 g/mol. The molecule has 1 aliphatic rings. The molecule has 0 aromatic carbocycles. The van der Waals surface area contributed by atoms with Crippen LogP contribution in [-0.2, 0) is 15.7 Å². The first-order chi connectivity index (χ1) is 9.86. The van der Waals surface area contributed by atoms with Crippen LogP contribution in [0.5, 0.6) is 0 Å². The summed E-state index contributed by atoms with van der Waals surface area (Å²) in [6.07, 6.45) is -1.71. The van der Waals surface area contributed by atoms with Gasteiger partial charge in [-0.1, -0.05) is 0 Å². The zero-order valence-corrected chi connectivity index (χ0v) is 11.0. The maximum absolute atomic E-state index is 13.1. The molecule has 6 nitrogen and oxygen atoms in total. The van der Waals surface area contributed by atoms with Crippen molar-refractivity contribution < 1.29 is 22.7 Å². The Balaban J connectivity index is 1.96. The van der Waals surface area contributed by atoms with Gasteiger partial charge in [0.05, 0.1) is 0 Å². The number of rotatable bonds is 2. The maximum Gasteiger partial charge on any atom is 0.449 e. The van der Waals surface area contributed by atoms with Crippen molar-refractivity contribution in [1.82, 2.24) is 19.5 Å². The fourth-order valence-electron chi connectivity index (χ4n) is 2.45. The molecule has 2 heterocycles. The number of ether oxygens (including phenoxy) is 1. The van der Waals surface area contributed by atoms with Crippen LogP contribution in [0.25, 0.3) is 11.3 Å². The molecule has 0 radical (unpaired) electrons. The van der Waals surface area contributed by atoms with Crippen molar-refractivity contribution in [2.45, 2.75) is 38.1 Å². The van der Waals surface area contributed by atoms with Crippen LogP contribution >= 0.6 is 0 Å². The Morgan fingerprint density at radius 1 is 1.33 bits per heavy atom. The van der Waals surface area contributed by atoms with Gasteiger partial charge in [-0.05, 0) is 0 Å². The minimum atomic E-state index is -4.59. The van der Waals surface area contributed by atoms with E-state index in [4.69, 9.17) is 4.74 Å². The third-order valence-electron chi connectivity index (χ3n) is 3.35. The van der Waals surface area contributed by atoms with Gasteiger partial charge < -0.3 is 9.30 Å². The van der Waals surface area contributed by atoms with Crippen LogP contribution in [0.3, 0.4) is 0 Å². The van der Waals surface area contributed by atoms with Crippen LogP contribution < -0.4 is 0 Å². The summed E-state index contributed by atoms with van der Waals surface area (Å²) < 4.78 is 45.3. The van der Waals surface area contributed by atoms with Crippen molar-refractivity contribution >= 4 is 17.3 Å². The summed E-state index contributed by atoms with van der Waals surface area (Å²) in [6.45, 7) is 1.27. The first-order valence-electron chi connectivity index (χ1n) is 6.29. The van der Waals surface area contributed by atoms with E-state index in [0.717, 1.165) is 4.57 Å². The fraction of sp³-hybridized carbons (Fsp3) is 0.500. The second kappa shape index (κ2) is 4.68. The molecule has 0 saturated heterocycles. The summed E-state index contributed by atoms with van der Waals surface area (Å²) in [5.41, 5.74) is 0.0526. The third kappa shape index (κ3) is 2.43. The molecule has 0 unspecified atom stereocenters. The highest BCUT2D eigenvalue weighted by Crippen LogP contribution is 2.40. The van der Waals surface area contributed by atoms with Gasteiger partial charge in [0.1, 0.15) is 6.10 Å². The van der Waals surface area contributed by atoms with E-state index in [1.165, 1.54) is 19.3 Å². The van der Waals surface area contributed by atoms with Crippen LogP contribution in [-0.4, -0.2) is 31.6 Å². The van der Waals surface area contributed by atoms with E-state index >= 15 is 0 Å². The Morgan fingerprint density at radius 2 is 2.00 bits per heavy atom. The number of carbonyl (C=O) groups excluding carboxylic acids is 1. The summed E-state index contributed by atoms with van der Waals surface area (Å²) >= 11 is 0. The highest BCUT2D eigenvalue weighted by Gasteiger charge is 2.43. The number of imidazole rings is 1. The van der Waals surface area contributed by atoms with E-state index in [0.29, 0.717) is 12.8 Å². The summed E-state index contributed by atoms with van der Waals surface area (Å²) in [4.78, 5) is 22.1. The number of aromatic nitrogens is 4. The van der Waals surface area contributed by atoms with E-state index in [1.54, 1.807) is 0 Å². The Bertz CT molecular complexity index is 691. The SMILES string of the molecule is CC(=O)OC1CC(n2c(C(F)(F)F)nc3nccnc32)C1. The Morgan fingerprint density at radius 3 is 2.62 bits per heavy atom. The van der Waals surface area contributed by atoms with E-state index in [9.17, 15) is 18.0 Å². The van der Waals surface area contributed by atoms with Gasteiger partial charge in [-0.2, -0.15) is 13.2 Å². The minimum absolute atomic E-state index is 0.0410. The molecule has 1 saturated carbocycles. The average molecular weight is 300 g/mol. The van der Waals surface area contributed by atoms with Gasteiger partial charge in [0.2, 0.25) is 5.82 Å². The van der Waals surface area contributed by atoms with Crippen LogP contribution in [0.4, 0.5) is 13.2 Å². The van der Waals surface area contributed by atoms with Crippen molar-refractivity contribution in [3.63, 3.8) is 0 Å². The average Bonchev–Trinajstić information content (AvgIpc) is 2.72. The summed E-state index contributed by atoms with van der Waals surface area (Å²) in [5, 5.41) is 0. The van der Waals surface area contributed by atoms with Crippen LogP contribution in [0, 0.1) is 0 Å². The molecule has 3 rings (SSSR count). The van der Waals surface area contributed by atoms with Gasteiger partial charge in [-0.15, -0.1) is 0 Å². The summed E-state index contributed by atoms with van der Waals surface area (Å²) in [7, 11) is 0. The van der Waals surface area contributed by atoms with E-state index in [-0.39, 0.29) is 17.4 Å². The molecule has 112 valence electrons. The predicted octanol–water partition coefficient (Wildman–Crippen LogP) is 2.11. The molecule has 0 N–H and O–H groups in total. The van der Waals surface area contributed by atoms with Crippen molar-refractivity contribution in [3.05, 3.63) is 18.2 Å². The van der Waals surface area contributed by atoms with Gasteiger partial charge >= 0.3 is 12.1 Å². The molecule has 0 bridgehead atoms. The lowest BCUT2D eigenvalue weighted by molar-refractivity contribution is -0.157. The molecule has 0 spiro atoms. The molecule has 1 fully saturated rings. The van der Waals surface area contributed by atoms with Crippen molar-refractivity contribution in [3.8, 4) is 0 Å².